The van der Waals surface area contributed by atoms with Gasteiger partial charge in [-0.3, -0.25) is 0 Å². The van der Waals surface area contributed by atoms with Crippen molar-refractivity contribution in [3.8, 4) is 12.1 Å². The number of fused-ring (bicyclic) bond motifs is 2. The number of hydrogen-bond acceptors (Lipinski definition) is 2. The van der Waals surface area contributed by atoms with Crippen molar-refractivity contribution in [3.63, 3.8) is 0 Å². The van der Waals surface area contributed by atoms with E-state index >= 15 is 0 Å². The molecule has 0 bridgehead atoms. The zero-order valence-electron chi connectivity index (χ0n) is 20.5. The van der Waals surface area contributed by atoms with Crippen molar-refractivity contribution >= 4 is 21.5 Å². The molecule has 2 atom stereocenters. The molecular weight excluding hydrogens is 412 g/mol. The van der Waals surface area contributed by atoms with Gasteiger partial charge in [-0.25, -0.2) is 0 Å². The van der Waals surface area contributed by atoms with Crippen LogP contribution in [0.5, 0.6) is 0 Å². The average molecular weight is 445 g/mol. The van der Waals surface area contributed by atoms with E-state index in [1.54, 1.807) is 0 Å². The van der Waals surface area contributed by atoms with Crippen LogP contribution in [-0.2, 0) is 0 Å². The molecule has 0 fully saturated rings. The van der Waals surface area contributed by atoms with Crippen LogP contribution >= 0.6 is 0 Å². The van der Waals surface area contributed by atoms with E-state index in [1.807, 2.05) is 13.8 Å². The SMILES string of the molecule is CC(C)(C#N)C[C@@H](C[C@@H](c1cccc2ccccc12)C(C)(C)C#N)c1cccc2ccccc12. The Balaban J connectivity index is 1.89. The van der Waals surface area contributed by atoms with Gasteiger partial charge in [-0.2, -0.15) is 10.5 Å². The summed E-state index contributed by atoms with van der Waals surface area (Å²) < 4.78 is 0. The fourth-order valence-corrected chi connectivity index (χ4v) is 5.32. The zero-order chi connectivity index (χ0) is 24.3. The lowest BCUT2D eigenvalue weighted by Gasteiger charge is -2.35. The van der Waals surface area contributed by atoms with E-state index in [0.29, 0.717) is 0 Å². The molecule has 0 heterocycles. The zero-order valence-corrected chi connectivity index (χ0v) is 20.5. The van der Waals surface area contributed by atoms with Crippen LogP contribution in [0.25, 0.3) is 21.5 Å². The number of rotatable bonds is 7. The van der Waals surface area contributed by atoms with E-state index in [9.17, 15) is 10.5 Å². The summed E-state index contributed by atoms with van der Waals surface area (Å²) in [5, 5.41) is 25.0. The second-order valence-electron chi connectivity index (χ2n) is 10.7. The van der Waals surface area contributed by atoms with E-state index in [4.69, 9.17) is 0 Å². The Morgan fingerprint density at radius 1 is 0.647 bits per heavy atom. The monoisotopic (exact) mass is 444 g/mol. The first-order valence-corrected chi connectivity index (χ1v) is 12.0. The lowest BCUT2D eigenvalue weighted by atomic mass is 9.67. The van der Waals surface area contributed by atoms with Gasteiger partial charge in [0.15, 0.2) is 0 Å². The first-order valence-electron chi connectivity index (χ1n) is 12.0. The highest BCUT2D eigenvalue weighted by atomic mass is 14.4. The average Bonchev–Trinajstić information content (AvgIpc) is 2.86. The molecule has 0 N–H and O–H groups in total. The first kappa shape index (κ1) is 23.5. The molecule has 34 heavy (non-hydrogen) atoms. The van der Waals surface area contributed by atoms with E-state index in [1.165, 1.54) is 32.7 Å². The molecule has 0 saturated heterocycles. The van der Waals surface area contributed by atoms with Crippen LogP contribution in [0.4, 0.5) is 0 Å². The molecule has 0 saturated carbocycles. The van der Waals surface area contributed by atoms with Crippen LogP contribution in [0.15, 0.2) is 84.9 Å². The molecule has 0 aliphatic carbocycles. The second-order valence-corrected chi connectivity index (χ2v) is 10.7. The van der Waals surface area contributed by atoms with E-state index in [0.717, 1.165) is 12.8 Å². The van der Waals surface area contributed by atoms with Gasteiger partial charge in [0.2, 0.25) is 0 Å². The van der Waals surface area contributed by atoms with Crippen LogP contribution in [0.2, 0.25) is 0 Å². The van der Waals surface area contributed by atoms with E-state index in [2.05, 4.69) is 111 Å². The van der Waals surface area contributed by atoms with Crippen molar-refractivity contribution in [1.82, 2.24) is 0 Å². The molecular formula is C32H32N2. The van der Waals surface area contributed by atoms with Crippen molar-refractivity contribution in [2.24, 2.45) is 10.8 Å². The minimum atomic E-state index is -0.566. The maximum atomic E-state index is 10.2. The summed E-state index contributed by atoms with van der Waals surface area (Å²) in [5.74, 6) is 0.152. The largest absolute Gasteiger partial charge is 0.198 e. The van der Waals surface area contributed by atoms with E-state index in [-0.39, 0.29) is 11.8 Å². The van der Waals surface area contributed by atoms with Crippen molar-refractivity contribution in [3.05, 3.63) is 96.1 Å². The summed E-state index contributed by atoms with van der Waals surface area (Å²) in [6.07, 6.45) is 1.54. The quantitative estimate of drug-likeness (QED) is 0.286. The molecule has 0 radical (unpaired) electrons. The molecule has 0 aromatic heterocycles. The summed E-state index contributed by atoms with van der Waals surface area (Å²) in [7, 11) is 0. The smallest absolute Gasteiger partial charge is 0.0690 e. The summed E-state index contributed by atoms with van der Waals surface area (Å²) in [6, 6.07) is 34.9. The molecule has 4 rings (SSSR count). The van der Waals surface area contributed by atoms with Gasteiger partial charge in [-0.15, -0.1) is 0 Å². The summed E-state index contributed by atoms with van der Waals surface area (Å²) >= 11 is 0. The number of benzene rings is 4. The van der Waals surface area contributed by atoms with Gasteiger partial charge in [-0.1, -0.05) is 84.9 Å². The lowest BCUT2D eigenvalue weighted by Crippen LogP contribution is -2.25. The lowest BCUT2D eigenvalue weighted by molar-refractivity contribution is 0.307. The van der Waals surface area contributed by atoms with Gasteiger partial charge in [0.25, 0.3) is 0 Å². The fourth-order valence-electron chi connectivity index (χ4n) is 5.32. The maximum absolute atomic E-state index is 10.2. The van der Waals surface area contributed by atoms with Crippen LogP contribution < -0.4 is 0 Å². The van der Waals surface area contributed by atoms with Gasteiger partial charge in [0.1, 0.15) is 0 Å². The Kier molecular flexibility index (Phi) is 6.45. The molecule has 2 heteroatoms. The van der Waals surface area contributed by atoms with Crippen molar-refractivity contribution < 1.29 is 0 Å². The molecule has 0 unspecified atom stereocenters. The minimum absolute atomic E-state index is 0.0158. The summed E-state index contributed by atoms with van der Waals surface area (Å²) in [5.41, 5.74) is 1.44. The van der Waals surface area contributed by atoms with Gasteiger partial charge in [0.05, 0.1) is 23.0 Å². The molecule has 4 aromatic rings. The predicted octanol–water partition coefficient (Wildman–Crippen LogP) is 8.74. The molecule has 0 amide bonds. The van der Waals surface area contributed by atoms with Gasteiger partial charge in [0, 0.05) is 5.92 Å². The summed E-state index contributed by atoms with van der Waals surface area (Å²) in [4.78, 5) is 0. The molecule has 170 valence electrons. The Morgan fingerprint density at radius 3 is 1.71 bits per heavy atom. The third-order valence-corrected chi connectivity index (χ3v) is 7.20. The first-order chi connectivity index (χ1) is 16.3. The topological polar surface area (TPSA) is 47.6 Å². The van der Waals surface area contributed by atoms with Crippen LogP contribution in [0, 0.1) is 33.5 Å². The maximum Gasteiger partial charge on any atom is 0.0690 e. The highest BCUT2D eigenvalue weighted by Gasteiger charge is 2.36. The normalized spacial score (nSPS) is 13.8. The second kappa shape index (κ2) is 9.32. The fraction of sp³-hybridized carbons (Fsp3) is 0.312. The number of nitriles is 2. The highest BCUT2D eigenvalue weighted by Crippen LogP contribution is 2.47. The Morgan fingerprint density at radius 2 is 1.15 bits per heavy atom. The van der Waals surface area contributed by atoms with Crippen molar-refractivity contribution in [1.29, 1.82) is 10.5 Å². The predicted molar refractivity (Wildman–Crippen MR) is 141 cm³/mol. The third-order valence-electron chi connectivity index (χ3n) is 7.20. The summed E-state index contributed by atoms with van der Waals surface area (Å²) in [6.45, 7) is 8.14. The number of hydrogen-bond donors (Lipinski definition) is 0. The third kappa shape index (κ3) is 4.69. The van der Waals surface area contributed by atoms with Gasteiger partial charge in [-0.05, 0) is 79.1 Å². The van der Waals surface area contributed by atoms with E-state index < -0.39 is 10.8 Å². The van der Waals surface area contributed by atoms with Crippen molar-refractivity contribution in [2.45, 2.75) is 52.4 Å². The van der Waals surface area contributed by atoms with Crippen LogP contribution in [0.3, 0.4) is 0 Å². The van der Waals surface area contributed by atoms with Crippen molar-refractivity contribution in [2.75, 3.05) is 0 Å². The Labute approximate surface area is 203 Å². The Hall–Kier alpha value is -3.62. The number of nitrogens with zero attached hydrogens (tertiary/aromatic N) is 2. The Bertz CT molecular complexity index is 1390. The van der Waals surface area contributed by atoms with Crippen LogP contribution in [-0.4, -0.2) is 0 Å². The molecule has 0 aliphatic rings. The van der Waals surface area contributed by atoms with Gasteiger partial charge >= 0.3 is 0 Å². The highest BCUT2D eigenvalue weighted by molar-refractivity contribution is 5.87. The van der Waals surface area contributed by atoms with Crippen LogP contribution in [0.1, 0.15) is 63.5 Å². The minimum Gasteiger partial charge on any atom is -0.198 e. The molecule has 2 nitrogen and oxygen atoms in total. The molecule has 0 spiro atoms. The standard InChI is InChI=1S/C32H32N2/c1-31(2,21-33)20-25(28-17-9-13-23-11-5-7-15-26(23)28)19-30(32(3,4)22-34)29-18-10-14-24-12-6-8-16-27(24)29/h5-18,25,30H,19-20H2,1-4H3/t25-,30+/m1/s1. The van der Waals surface area contributed by atoms with Gasteiger partial charge < -0.3 is 0 Å². The molecule has 0 aliphatic heterocycles. The molecule has 4 aromatic carbocycles.